The zero-order chi connectivity index (χ0) is 15.6. The first kappa shape index (κ1) is 14.9. The number of rotatable bonds is 3. The maximum absolute atomic E-state index is 12.4. The summed E-state index contributed by atoms with van der Waals surface area (Å²) < 4.78 is 38.8. The van der Waals surface area contributed by atoms with E-state index in [1.165, 1.54) is 23.0 Å². The number of amides is 1. The topological polar surface area (TPSA) is 72.9 Å². The zero-order valence-corrected chi connectivity index (χ0v) is 11.1. The van der Waals surface area contributed by atoms with E-state index in [-0.39, 0.29) is 17.1 Å². The third kappa shape index (κ3) is 3.33. The Morgan fingerprint density at radius 1 is 1.33 bits per heavy atom. The number of hydrogen-bond donors (Lipinski definition) is 2. The van der Waals surface area contributed by atoms with Crippen LogP contribution in [0.4, 0.5) is 24.5 Å². The van der Waals surface area contributed by atoms with E-state index in [4.69, 9.17) is 5.73 Å². The molecule has 0 aliphatic heterocycles. The molecule has 0 saturated heterocycles. The fourth-order valence-corrected chi connectivity index (χ4v) is 1.71. The number of aryl methyl sites for hydroxylation is 1. The van der Waals surface area contributed by atoms with Gasteiger partial charge in [-0.15, -0.1) is 0 Å². The number of carbonyl (C=O) groups is 1. The third-order valence-corrected chi connectivity index (χ3v) is 2.80. The molecule has 0 radical (unpaired) electrons. The Hall–Kier alpha value is -2.51. The number of nitrogens with two attached hydrogens (primary N) is 1. The first-order chi connectivity index (χ1) is 9.81. The SMILES string of the molecule is CCn1cc(N)c(C(=O)Nc2ccc(C(F)(F)F)cc2)n1. The van der Waals surface area contributed by atoms with Crippen molar-refractivity contribution in [3.63, 3.8) is 0 Å². The molecule has 0 aliphatic carbocycles. The van der Waals surface area contributed by atoms with Crippen molar-refractivity contribution < 1.29 is 18.0 Å². The maximum atomic E-state index is 12.4. The fourth-order valence-electron chi connectivity index (χ4n) is 1.71. The van der Waals surface area contributed by atoms with Gasteiger partial charge in [-0.05, 0) is 31.2 Å². The quantitative estimate of drug-likeness (QED) is 0.915. The minimum atomic E-state index is -4.41. The minimum absolute atomic E-state index is 0.0387. The van der Waals surface area contributed by atoms with E-state index in [1.807, 2.05) is 6.92 Å². The minimum Gasteiger partial charge on any atom is -0.396 e. The summed E-state index contributed by atoms with van der Waals surface area (Å²) >= 11 is 0. The fraction of sp³-hybridized carbons (Fsp3) is 0.231. The first-order valence-corrected chi connectivity index (χ1v) is 6.12. The molecule has 1 amide bonds. The molecule has 8 heteroatoms. The second kappa shape index (κ2) is 5.47. The van der Waals surface area contributed by atoms with E-state index < -0.39 is 17.6 Å². The van der Waals surface area contributed by atoms with Crippen molar-refractivity contribution in [1.82, 2.24) is 9.78 Å². The number of carbonyl (C=O) groups excluding carboxylic acids is 1. The van der Waals surface area contributed by atoms with Crippen molar-refractivity contribution in [2.45, 2.75) is 19.6 Å². The van der Waals surface area contributed by atoms with Crippen LogP contribution in [0, 0.1) is 0 Å². The van der Waals surface area contributed by atoms with Crippen molar-refractivity contribution in [2.75, 3.05) is 11.1 Å². The van der Waals surface area contributed by atoms with Crippen LogP contribution >= 0.6 is 0 Å². The van der Waals surface area contributed by atoms with Gasteiger partial charge < -0.3 is 11.1 Å². The molecule has 1 aromatic heterocycles. The van der Waals surface area contributed by atoms with Crippen molar-refractivity contribution >= 4 is 17.3 Å². The molecular weight excluding hydrogens is 285 g/mol. The lowest BCUT2D eigenvalue weighted by atomic mass is 10.2. The van der Waals surface area contributed by atoms with Crippen LogP contribution < -0.4 is 11.1 Å². The summed E-state index contributed by atoms with van der Waals surface area (Å²) in [6.45, 7) is 2.39. The Bertz CT molecular complexity index is 646. The van der Waals surface area contributed by atoms with Gasteiger partial charge in [-0.25, -0.2) is 0 Å². The average molecular weight is 298 g/mol. The third-order valence-electron chi connectivity index (χ3n) is 2.80. The Balaban J connectivity index is 2.14. The van der Waals surface area contributed by atoms with Crippen LogP contribution in [0.3, 0.4) is 0 Å². The number of nitrogen functional groups attached to an aromatic ring is 1. The van der Waals surface area contributed by atoms with Gasteiger partial charge in [0.05, 0.1) is 11.3 Å². The van der Waals surface area contributed by atoms with Crippen molar-refractivity contribution in [1.29, 1.82) is 0 Å². The van der Waals surface area contributed by atoms with E-state index in [1.54, 1.807) is 0 Å². The van der Waals surface area contributed by atoms with Gasteiger partial charge in [0, 0.05) is 18.4 Å². The molecule has 0 atom stereocenters. The smallest absolute Gasteiger partial charge is 0.396 e. The molecule has 0 spiro atoms. The largest absolute Gasteiger partial charge is 0.416 e. The highest BCUT2D eigenvalue weighted by Gasteiger charge is 2.30. The number of alkyl halides is 3. The van der Waals surface area contributed by atoms with Gasteiger partial charge in [-0.1, -0.05) is 0 Å². The summed E-state index contributed by atoms with van der Waals surface area (Å²) in [5.74, 6) is -0.570. The molecule has 0 aliphatic rings. The van der Waals surface area contributed by atoms with Crippen LogP contribution in [0.1, 0.15) is 23.0 Å². The van der Waals surface area contributed by atoms with Crippen LogP contribution in [-0.2, 0) is 12.7 Å². The van der Waals surface area contributed by atoms with E-state index in [0.717, 1.165) is 12.1 Å². The molecule has 5 nitrogen and oxygen atoms in total. The normalized spacial score (nSPS) is 11.4. The molecule has 0 bridgehead atoms. The number of hydrogen-bond acceptors (Lipinski definition) is 3. The van der Waals surface area contributed by atoms with Gasteiger partial charge in [0.25, 0.3) is 5.91 Å². The van der Waals surface area contributed by atoms with E-state index in [2.05, 4.69) is 10.4 Å². The van der Waals surface area contributed by atoms with E-state index >= 15 is 0 Å². The molecule has 1 heterocycles. The van der Waals surface area contributed by atoms with Crippen LogP contribution in [0.2, 0.25) is 0 Å². The van der Waals surface area contributed by atoms with E-state index in [9.17, 15) is 18.0 Å². The average Bonchev–Trinajstić information content (AvgIpc) is 2.80. The molecule has 3 N–H and O–H groups in total. The first-order valence-electron chi connectivity index (χ1n) is 6.12. The number of nitrogens with zero attached hydrogens (tertiary/aromatic N) is 2. The Morgan fingerprint density at radius 2 is 1.95 bits per heavy atom. The second-order valence-electron chi connectivity index (χ2n) is 4.32. The predicted octanol–water partition coefficient (Wildman–Crippen LogP) is 2.76. The van der Waals surface area contributed by atoms with Crippen LogP contribution in [0.15, 0.2) is 30.5 Å². The zero-order valence-electron chi connectivity index (χ0n) is 11.1. The van der Waals surface area contributed by atoms with Gasteiger partial charge in [0.15, 0.2) is 5.69 Å². The molecule has 2 aromatic rings. The second-order valence-corrected chi connectivity index (χ2v) is 4.32. The van der Waals surface area contributed by atoms with Crippen LogP contribution in [0.25, 0.3) is 0 Å². The van der Waals surface area contributed by atoms with Crippen LogP contribution in [-0.4, -0.2) is 15.7 Å². The van der Waals surface area contributed by atoms with Gasteiger partial charge in [0.1, 0.15) is 0 Å². The number of nitrogens with one attached hydrogen (secondary N) is 1. The number of benzene rings is 1. The lowest BCUT2D eigenvalue weighted by Gasteiger charge is -2.08. The Kier molecular flexibility index (Phi) is 3.88. The molecule has 0 saturated carbocycles. The highest BCUT2D eigenvalue weighted by atomic mass is 19.4. The van der Waals surface area contributed by atoms with Gasteiger partial charge in [-0.3, -0.25) is 9.48 Å². The standard InChI is InChI=1S/C13H13F3N4O/c1-2-20-7-10(17)11(19-20)12(21)18-9-5-3-8(4-6-9)13(14,15)16/h3-7H,2,17H2,1H3,(H,18,21). The summed E-state index contributed by atoms with van der Waals surface area (Å²) in [6, 6.07) is 4.13. The lowest BCUT2D eigenvalue weighted by Crippen LogP contribution is -2.15. The van der Waals surface area contributed by atoms with Gasteiger partial charge in [-0.2, -0.15) is 18.3 Å². The van der Waals surface area contributed by atoms with Crippen molar-refractivity contribution in [2.24, 2.45) is 0 Å². The van der Waals surface area contributed by atoms with Crippen molar-refractivity contribution in [3.8, 4) is 0 Å². The summed E-state index contributed by atoms with van der Waals surface area (Å²) in [5.41, 5.74) is 5.36. The Labute approximate surface area is 118 Å². The summed E-state index contributed by atoms with van der Waals surface area (Å²) in [6.07, 6.45) is -2.89. The summed E-state index contributed by atoms with van der Waals surface area (Å²) in [4.78, 5) is 12.0. The van der Waals surface area contributed by atoms with Crippen LogP contribution in [0.5, 0.6) is 0 Å². The number of anilines is 2. The molecule has 0 unspecified atom stereocenters. The molecule has 1 aromatic carbocycles. The highest BCUT2D eigenvalue weighted by Crippen LogP contribution is 2.29. The molecule has 0 fully saturated rings. The summed E-state index contributed by atoms with van der Waals surface area (Å²) in [5, 5.41) is 6.43. The molecular formula is C13H13F3N4O. The summed E-state index contributed by atoms with van der Waals surface area (Å²) in [7, 11) is 0. The lowest BCUT2D eigenvalue weighted by molar-refractivity contribution is -0.137. The predicted molar refractivity (Wildman–Crippen MR) is 71.7 cm³/mol. The highest BCUT2D eigenvalue weighted by molar-refractivity contribution is 6.06. The van der Waals surface area contributed by atoms with Gasteiger partial charge in [0.2, 0.25) is 0 Å². The van der Waals surface area contributed by atoms with Gasteiger partial charge >= 0.3 is 6.18 Å². The molecule has 2 rings (SSSR count). The monoisotopic (exact) mass is 298 g/mol. The molecule has 21 heavy (non-hydrogen) atoms. The maximum Gasteiger partial charge on any atom is 0.416 e. The molecule has 112 valence electrons. The van der Waals surface area contributed by atoms with E-state index in [0.29, 0.717) is 6.54 Å². The Morgan fingerprint density at radius 3 is 2.43 bits per heavy atom. The number of aromatic nitrogens is 2. The van der Waals surface area contributed by atoms with Crippen molar-refractivity contribution in [3.05, 3.63) is 41.7 Å². The number of halogens is 3.